The Kier molecular flexibility index (Phi) is 4.39. The topological polar surface area (TPSA) is 49.2 Å². The molecule has 0 unspecified atom stereocenters. The lowest BCUT2D eigenvalue weighted by Crippen LogP contribution is -1.97. The molecule has 19 heavy (non-hydrogen) atoms. The Labute approximate surface area is 113 Å². The molecule has 5 nitrogen and oxygen atoms in total. The molecule has 0 atom stereocenters. The highest BCUT2D eigenvalue weighted by Crippen LogP contribution is 2.28. The van der Waals surface area contributed by atoms with E-state index in [1.165, 1.54) is 5.56 Å². The van der Waals surface area contributed by atoms with E-state index in [0.29, 0.717) is 6.61 Å². The molecule has 5 heteroatoms. The van der Waals surface area contributed by atoms with Gasteiger partial charge in [0.25, 0.3) is 0 Å². The van der Waals surface area contributed by atoms with Crippen molar-refractivity contribution in [3.05, 3.63) is 35.7 Å². The summed E-state index contributed by atoms with van der Waals surface area (Å²) in [7, 11) is 3.53. The minimum absolute atomic E-state index is 0.634. The SMILES string of the molecule is CCOc1ccc(CCc2cn(C)nn2)cc1OC. The van der Waals surface area contributed by atoms with Gasteiger partial charge in [0.05, 0.1) is 19.4 Å². The van der Waals surface area contributed by atoms with E-state index in [1.54, 1.807) is 11.8 Å². The third-order valence-corrected chi connectivity index (χ3v) is 2.85. The molecule has 0 aliphatic rings. The number of ether oxygens (including phenoxy) is 2. The number of aromatic nitrogens is 3. The minimum atomic E-state index is 0.634. The summed E-state index contributed by atoms with van der Waals surface area (Å²) in [5, 5.41) is 8.00. The number of nitrogens with zero attached hydrogens (tertiary/aromatic N) is 3. The highest BCUT2D eigenvalue weighted by molar-refractivity contribution is 5.43. The number of aryl methyl sites for hydroxylation is 3. The summed E-state index contributed by atoms with van der Waals surface area (Å²) in [4.78, 5) is 0. The second-order valence-corrected chi connectivity index (χ2v) is 4.30. The molecular weight excluding hydrogens is 242 g/mol. The quantitative estimate of drug-likeness (QED) is 0.798. The van der Waals surface area contributed by atoms with Crippen molar-refractivity contribution in [1.29, 1.82) is 0 Å². The third-order valence-electron chi connectivity index (χ3n) is 2.85. The van der Waals surface area contributed by atoms with Gasteiger partial charge in [-0.2, -0.15) is 0 Å². The van der Waals surface area contributed by atoms with Gasteiger partial charge in [-0.3, -0.25) is 4.68 Å². The van der Waals surface area contributed by atoms with E-state index in [9.17, 15) is 0 Å². The van der Waals surface area contributed by atoms with E-state index in [4.69, 9.17) is 9.47 Å². The summed E-state index contributed by atoms with van der Waals surface area (Å²) >= 11 is 0. The maximum Gasteiger partial charge on any atom is 0.161 e. The van der Waals surface area contributed by atoms with Crippen molar-refractivity contribution in [3.8, 4) is 11.5 Å². The van der Waals surface area contributed by atoms with Crippen molar-refractivity contribution in [2.24, 2.45) is 7.05 Å². The Morgan fingerprint density at radius 2 is 2.05 bits per heavy atom. The van der Waals surface area contributed by atoms with Gasteiger partial charge in [-0.15, -0.1) is 5.10 Å². The van der Waals surface area contributed by atoms with Crippen molar-refractivity contribution in [1.82, 2.24) is 15.0 Å². The molecule has 2 rings (SSSR count). The van der Waals surface area contributed by atoms with E-state index in [-0.39, 0.29) is 0 Å². The highest BCUT2D eigenvalue weighted by Gasteiger charge is 2.06. The van der Waals surface area contributed by atoms with Crippen LogP contribution in [0.4, 0.5) is 0 Å². The second-order valence-electron chi connectivity index (χ2n) is 4.30. The van der Waals surface area contributed by atoms with Crippen LogP contribution in [0.25, 0.3) is 0 Å². The van der Waals surface area contributed by atoms with Crippen molar-refractivity contribution in [2.45, 2.75) is 19.8 Å². The van der Waals surface area contributed by atoms with Crippen LogP contribution in [0, 0.1) is 0 Å². The van der Waals surface area contributed by atoms with Crippen LogP contribution in [-0.2, 0) is 19.9 Å². The third kappa shape index (κ3) is 3.47. The Hall–Kier alpha value is -2.04. The van der Waals surface area contributed by atoms with E-state index in [1.807, 2.05) is 32.3 Å². The van der Waals surface area contributed by atoms with E-state index in [0.717, 1.165) is 30.0 Å². The molecule has 102 valence electrons. The Morgan fingerprint density at radius 3 is 2.68 bits per heavy atom. The van der Waals surface area contributed by atoms with E-state index < -0.39 is 0 Å². The van der Waals surface area contributed by atoms with Crippen LogP contribution in [0.3, 0.4) is 0 Å². The van der Waals surface area contributed by atoms with Gasteiger partial charge >= 0.3 is 0 Å². The Balaban J connectivity index is 2.04. The molecule has 1 aromatic heterocycles. The number of hydrogen-bond acceptors (Lipinski definition) is 4. The zero-order valence-electron chi connectivity index (χ0n) is 11.6. The number of methoxy groups -OCH3 is 1. The molecule has 2 aromatic rings. The van der Waals surface area contributed by atoms with Crippen LogP contribution < -0.4 is 9.47 Å². The summed E-state index contributed by atoms with van der Waals surface area (Å²) in [5.41, 5.74) is 2.20. The lowest BCUT2D eigenvalue weighted by atomic mass is 10.1. The zero-order valence-corrected chi connectivity index (χ0v) is 11.6. The number of hydrogen-bond donors (Lipinski definition) is 0. The molecular formula is C14H19N3O2. The van der Waals surface area contributed by atoms with Crippen molar-refractivity contribution in [3.63, 3.8) is 0 Å². The summed E-state index contributed by atoms with van der Waals surface area (Å²) < 4.78 is 12.6. The van der Waals surface area contributed by atoms with Crippen LogP contribution in [-0.4, -0.2) is 28.7 Å². The predicted molar refractivity (Wildman–Crippen MR) is 72.6 cm³/mol. The largest absolute Gasteiger partial charge is 0.493 e. The molecule has 1 heterocycles. The van der Waals surface area contributed by atoms with Crippen LogP contribution >= 0.6 is 0 Å². The fourth-order valence-corrected chi connectivity index (χ4v) is 1.92. The summed E-state index contributed by atoms with van der Waals surface area (Å²) in [5.74, 6) is 1.56. The summed E-state index contributed by atoms with van der Waals surface area (Å²) in [6, 6.07) is 6.03. The monoisotopic (exact) mass is 261 g/mol. The van der Waals surface area contributed by atoms with Crippen molar-refractivity contribution in [2.75, 3.05) is 13.7 Å². The van der Waals surface area contributed by atoms with Gasteiger partial charge in [0, 0.05) is 13.2 Å². The Morgan fingerprint density at radius 1 is 1.21 bits per heavy atom. The fourth-order valence-electron chi connectivity index (χ4n) is 1.92. The first-order chi connectivity index (χ1) is 9.22. The first-order valence-corrected chi connectivity index (χ1v) is 6.38. The highest BCUT2D eigenvalue weighted by atomic mass is 16.5. The maximum absolute atomic E-state index is 5.50. The van der Waals surface area contributed by atoms with Crippen LogP contribution in [0.15, 0.2) is 24.4 Å². The molecule has 0 amide bonds. The average molecular weight is 261 g/mol. The lowest BCUT2D eigenvalue weighted by molar-refractivity contribution is 0.310. The second kappa shape index (κ2) is 6.22. The molecule has 0 fully saturated rings. The first kappa shape index (κ1) is 13.4. The predicted octanol–water partition coefficient (Wildman–Crippen LogP) is 2.01. The van der Waals surface area contributed by atoms with E-state index in [2.05, 4.69) is 16.4 Å². The fraction of sp³-hybridized carbons (Fsp3) is 0.429. The number of rotatable bonds is 6. The Bertz CT molecular complexity index is 537. The zero-order chi connectivity index (χ0) is 13.7. The van der Waals surface area contributed by atoms with Gasteiger partial charge in [-0.1, -0.05) is 11.3 Å². The van der Waals surface area contributed by atoms with Gasteiger partial charge in [0.1, 0.15) is 0 Å². The molecule has 0 N–H and O–H groups in total. The lowest BCUT2D eigenvalue weighted by Gasteiger charge is -2.10. The van der Waals surface area contributed by atoms with Crippen molar-refractivity contribution >= 4 is 0 Å². The molecule has 0 aliphatic heterocycles. The molecule has 1 aromatic carbocycles. The molecule has 0 saturated heterocycles. The standard InChI is InChI=1S/C14H19N3O2/c1-4-19-13-8-6-11(9-14(13)18-3)5-7-12-10-17(2)16-15-12/h6,8-10H,4-5,7H2,1-3H3. The summed E-state index contributed by atoms with van der Waals surface area (Å²) in [6.45, 7) is 2.59. The number of benzene rings is 1. The molecule has 0 saturated carbocycles. The van der Waals surface area contributed by atoms with Crippen LogP contribution in [0.2, 0.25) is 0 Å². The van der Waals surface area contributed by atoms with Gasteiger partial charge in [0.2, 0.25) is 0 Å². The van der Waals surface area contributed by atoms with Crippen LogP contribution in [0.1, 0.15) is 18.2 Å². The van der Waals surface area contributed by atoms with E-state index >= 15 is 0 Å². The molecule has 0 radical (unpaired) electrons. The van der Waals surface area contributed by atoms with Crippen LogP contribution in [0.5, 0.6) is 11.5 Å². The minimum Gasteiger partial charge on any atom is -0.493 e. The van der Waals surface area contributed by atoms with Gasteiger partial charge in [0.15, 0.2) is 11.5 Å². The van der Waals surface area contributed by atoms with Gasteiger partial charge < -0.3 is 9.47 Å². The molecule has 0 bridgehead atoms. The molecule has 0 spiro atoms. The smallest absolute Gasteiger partial charge is 0.161 e. The summed E-state index contributed by atoms with van der Waals surface area (Å²) in [6.07, 6.45) is 3.71. The molecule has 0 aliphatic carbocycles. The normalized spacial score (nSPS) is 10.5. The first-order valence-electron chi connectivity index (χ1n) is 6.38. The maximum atomic E-state index is 5.50. The van der Waals surface area contributed by atoms with Gasteiger partial charge in [-0.25, -0.2) is 0 Å². The van der Waals surface area contributed by atoms with Crippen molar-refractivity contribution < 1.29 is 9.47 Å². The van der Waals surface area contributed by atoms with Gasteiger partial charge in [-0.05, 0) is 37.5 Å². The average Bonchev–Trinajstić information content (AvgIpc) is 2.83.